The second-order valence-corrected chi connectivity index (χ2v) is 9.49. The van der Waals surface area contributed by atoms with Crippen molar-refractivity contribution in [2.75, 3.05) is 13.7 Å². The number of aryl methyl sites for hydroxylation is 1. The predicted octanol–water partition coefficient (Wildman–Crippen LogP) is 6.28. The third kappa shape index (κ3) is 6.18. The Morgan fingerprint density at radius 1 is 1.09 bits per heavy atom. The predicted molar refractivity (Wildman–Crippen MR) is 139 cm³/mol. The molecule has 2 aromatic carbocycles. The number of thiophene rings is 1. The highest BCUT2D eigenvalue weighted by molar-refractivity contribution is 7.15. The van der Waals surface area contributed by atoms with E-state index in [0.717, 1.165) is 29.9 Å². The summed E-state index contributed by atoms with van der Waals surface area (Å²) in [6.45, 7) is 7.49. The van der Waals surface area contributed by atoms with Crippen molar-refractivity contribution in [1.29, 1.82) is 0 Å². The van der Waals surface area contributed by atoms with Gasteiger partial charge in [-0.1, -0.05) is 41.6 Å². The molecule has 0 aliphatic carbocycles. The fourth-order valence-corrected chi connectivity index (χ4v) is 4.89. The maximum Gasteiger partial charge on any atom is 0.273 e. The molecule has 0 saturated heterocycles. The molecule has 0 aliphatic rings. The largest absolute Gasteiger partial charge is 0.488 e. The van der Waals surface area contributed by atoms with Crippen molar-refractivity contribution in [3.8, 4) is 27.5 Å². The van der Waals surface area contributed by atoms with E-state index in [2.05, 4.69) is 54.7 Å². The standard InChI is InChI=1S/C28H30N2O4S/c1-5-32-19(3)15-20-6-12-23(13-7-20)33-17-27-18(2)14-26(35-27)22-10-8-21(9-11-22)25-16-24(30-34-25)28(31)29-4/h6-14,16,19H,5,15,17H2,1-4H3,(H,29,31). The van der Waals surface area contributed by atoms with Crippen LogP contribution in [0.4, 0.5) is 0 Å². The van der Waals surface area contributed by atoms with Crippen LogP contribution in [0.1, 0.15) is 40.3 Å². The number of rotatable bonds is 10. The van der Waals surface area contributed by atoms with Crippen LogP contribution in [-0.4, -0.2) is 30.8 Å². The van der Waals surface area contributed by atoms with Gasteiger partial charge in [0.2, 0.25) is 0 Å². The third-order valence-corrected chi connectivity index (χ3v) is 6.97. The average Bonchev–Trinajstić information content (AvgIpc) is 3.51. The van der Waals surface area contributed by atoms with Crippen LogP contribution in [0.15, 0.2) is 65.2 Å². The van der Waals surface area contributed by atoms with Crippen molar-refractivity contribution in [3.05, 3.63) is 82.4 Å². The molecule has 1 atom stereocenters. The number of aromatic nitrogens is 1. The van der Waals surface area contributed by atoms with E-state index < -0.39 is 0 Å². The number of nitrogens with zero attached hydrogens (tertiary/aromatic N) is 1. The van der Waals surface area contributed by atoms with Gasteiger partial charge < -0.3 is 19.3 Å². The average molecular weight is 491 g/mol. The first-order valence-electron chi connectivity index (χ1n) is 11.7. The highest BCUT2D eigenvalue weighted by Crippen LogP contribution is 2.33. The van der Waals surface area contributed by atoms with Gasteiger partial charge in [-0.3, -0.25) is 4.79 Å². The van der Waals surface area contributed by atoms with Crippen molar-refractivity contribution >= 4 is 17.2 Å². The minimum Gasteiger partial charge on any atom is -0.488 e. The monoisotopic (exact) mass is 490 g/mol. The van der Waals surface area contributed by atoms with E-state index in [1.807, 2.05) is 31.2 Å². The van der Waals surface area contributed by atoms with E-state index >= 15 is 0 Å². The zero-order valence-electron chi connectivity index (χ0n) is 20.5. The maximum atomic E-state index is 11.7. The van der Waals surface area contributed by atoms with Crippen LogP contribution in [0.25, 0.3) is 21.8 Å². The molecular weight excluding hydrogens is 460 g/mol. The van der Waals surface area contributed by atoms with E-state index in [1.165, 1.54) is 20.9 Å². The van der Waals surface area contributed by atoms with E-state index in [-0.39, 0.29) is 17.7 Å². The Bertz CT molecular complexity index is 1260. The SMILES string of the molecule is CCOC(C)Cc1ccc(OCc2sc(-c3ccc(-c4cc(C(=O)NC)no4)cc3)cc2C)cc1. The summed E-state index contributed by atoms with van der Waals surface area (Å²) < 4.78 is 17.0. The van der Waals surface area contributed by atoms with Crippen molar-refractivity contribution in [1.82, 2.24) is 10.5 Å². The Hall–Kier alpha value is -3.42. The highest BCUT2D eigenvalue weighted by Gasteiger charge is 2.13. The second kappa shape index (κ2) is 11.3. The quantitative estimate of drug-likeness (QED) is 0.283. The normalized spacial score (nSPS) is 11.9. The number of hydrogen-bond donors (Lipinski definition) is 1. The summed E-state index contributed by atoms with van der Waals surface area (Å²) in [5.74, 6) is 1.15. The molecule has 0 fully saturated rings. The van der Waals surface area contributed by atoms with Crippen molar-refractivity contribution < 1.29 is 18.8 Å². The van der Waals surface area contributed by atoms with E-state index in [9.17, 15) is 4.79 Å². The Labute approximate surface area is 209 Å². The number of ether oxygens (including phenoxy) is 2. The van der Waals surface area contributed by atoms with Gasteiger partial charge in [0, 0.05) is 35.0 Å². The second-order valence-electron chi connectivity index (χ2n) is 8.35. The molecule has 2 heterocycles. The number of amides is 1. The number of hydrogen-bond acceptors (Lipinski definition) is 6. The minimum absolute atomic E-state index is 0.212. The topological polar surface area (TPSA) is 73.6 Å². The third-order valence-electron chi connectivity index (χ3n) is 5.71. The summed E-state index contributed by atoms with van der Waals surface area (Å²) >= 11 is 1.73. The molecule has 1 N–H and O–H groups in total. The fraction of sp³-hybridized carbons (Fsp3) is 0.286. The summed E-state index contributed by atoms with van der Waals surface area (Å²) in [6, 6.07) is 20.1. The minimum atomic E-state index is -0.271. The fourth-order valence-electron chi connectivity index (χ4n) is 3.80. The molecule has 182 valence electrons. The van der Waals surface area contributed by atoms with Gasteiger partial charge in [0.1, 0.15) is 12.4 Å². The molecule has 0 radical (unpaired) electrons. The molecule has 0 spiro atoms. The van der Waals surface area contributed by atoms with Gasteiger partial charge in [-0.15, -0.1) is 11.3 Å². The first-order chi connectivity index (χ1) is 17.0. The van der Waals surface area contributed by atoms with Crippen LogP contribution in [0, 0.1) is 6.92 Å². The lowest BCUT2D eigenvalue weighted by atomic mass is 10.1. The molecule has 0 bridgehead atoms. The lowest BCUT2D eigenvalue weighted by molar-refractivity contribution is 0.0768. The van der Waals surface area contributed by atoms with Crippen molar-refractivity contribution in [3.63, 3.8) is 0 Å². The molecule has 6 nitrogen and oxygen atoms in total. The van der Waals surface area contributed by atoms with Crippen LogP contribution in [0.2, 0.25) is 0 Å². The molecule has 1 unspecified atom stereocenters. The Balaban J connectivity index is 1.38. The van der Waals surface area contributed by atoms with E-state index in [1.54, 1.807) is 24.5 Å². The van der Waals surface area contributed by atoms with Gasteiger partial charge in [0.15, 0.2) is 11.5 Å². The van der Waals surface area contributed by atoms with Gasteiger partial charge in [-0.25, -0.2) is 0 Å². The molecule has 0 aliphatic heterocycles. The van der Waals surface area contributed by atoms with Crippen LogP contribution < -0.4 is 10.1 Å². The Morgan fingerprint density at radius 3 is 2.49 bits per heavy atom. The van der Waals surface area contributed by atoms with Gasteiger partial charge in [0.25, 0.3) is 5.91 Å². The molecule has 4 rings (SSSR count). The maximum absolute atomic E-state index is 11.7. The lowest BCUT2D eigenvalue weighted by Crippen LogP contribution is -2.17. The first kappa shape index (κ1) is 24.7. The lowest BCUT2D eigenvalue weighted by Gasteiger charge is -2.12. The number of carbonyl (C=O) groups is 1. The van der Waals surface area contributed by atoms with E-state index in [0.29, 0.717) is 12.4 Å². The Kier molecular flexibility index (Phi) is 8.00. The molecular formula is C28H30N2O4S. The van der Waals surface area contributed by atoms with Gasteiger partial charge >= 0.3 is 0 Å². The summed E-state index contributed by atoms with van der Waals surface area (Å²) in [4.78, 5) is 14.1. The van der Waals surface area contributed by atoms with Crippen LogP contribution in [0.5, 0.6) is 5.75 Å². The summed E-state index contributed by atoms with van der Waals surface area (Å²) in [6.07, 6.45) is 1.11. The molecule has 0 saturated carbocycles. The number of nitrogens with one attached hydrogen (secondary N) is 1. The molecule has 1 amide bonds. The summed E-state index contributed by atoms with van der Waals surface area (Å²) in [7, 11) is 1.56. The van der Waals surface area contributed by atoms with Crippen LogP contribution in [-0.2, 0) is 17.8 Å². The van der Waals surface area contributed by atoms with Crippen LogP contribution in [0.3, 0.4) is 0 Å². The molecule has 35 heavy (non-hydrogen) atoms. The zero-order chi connectivity index (χ0) is 24.8. The van der Waals surface area contributed by atoms with Gasteiger partial charge in [-0.2, -0.15) is 0 Å². The Morgan fingerprint density at radius 2 is 1.80 bits per heavy atom. The zero-order valence-corrected chi connectivity index (χ0v) is 21.3. The smallest absolute Gasteiger partial charge is 0.273 e. The number of carbonyl (C=O) groups excluding carboxylic acids is 1. The van der Waals surface area contributed by atoms with Crippen molar-refractivity contribution in [2.45, 2.75) is 39.9 Å². The summed E-state index contributed by atoms with van der Waals surface area (Å²) in [5, 5.41) is 6.37. The van der Waals surface area contributed by atoms with Gasteiger partial charge in [-0.05, 0) is 62.1 Å². The first-order valence-corrected chi connectivity index (χ1v) is 12.5. The van der Waals surface area contributed by atoms with E-state index in [4.69, 9.17) is 14.0 Å². The van der Waals surface area contributed by atoms with Crippen molar-refractivity contribution in [2.24, 2.45) is 0 Å². The molecule has 4 aromatic rings. The molecule has 2 aromatic heterocycles. The molecule has 7 heteroatoms. The van der Waals surface area contributed by atoms with Crippen LogP contribution >= 0.6 is 11.3 Å². The number of benzene rings is 2. The van der Waals surface area contributed by atoms with Gasteiger partial charge in [0.05, 0.1) is 6.10 Å². The highest BCUT2D eigenvalue weighted by atomic mass is 32.1. The summed E-state index contributed by atoms with van der Waals surface area (Å²) in [5.41, 5.74) is 4.70.